The van der Waals surface area contributed by atoms with Crippen molar-refractivity contribution in [2.45, 2.75) is 162 Å². The van der Waals surface area contributed by atoms with Crippen molar-refractivity contribution in [1.82, 2.24) is 74.7 Å². The van der Waals surface area contributed by atoms with Crippen LogP contribution in [-0.4, -0.2) is 131 Å². The van der Waals surface area contributed by atoms with Crippen molar-refractivity contribution < 1.29 is 179 Å². The Morgan fingerprint density at radius 2 is 0.716 bits per heavy atom. The molecule has 0 aliphatic heterocycles. The van der Waals surface area contributed by atoms with Gasteiger partial charge in [0.1, 0.15) is 1.37 Å². The van der Waals surface area contributed by atoms with Crippen LogP contribution in [0.25, 0.3) is 44.7 Å². The summed E-state index contributed by atoms with van der Waals surface area (Å²) in [5.74, 6) is 0. The average molecular weight is 1320 g/mol. The second-order valence-corrected chi connectivity index (χ2v) is 17.9. The zero-order valence-electron chi connectivity index (χ0n) is 75.2. The third-order valence-corrected chi connectivity index (χ3v) is 11.9. The van der Waals surface area contributed by atoms with Crippen LogP contribution in [0.1, 0.15) is 148 Å². The van der Waals surface area contributed by atoms with Gasteiger partial charge >= 0.3 is 126 Å². The van der Waals surface area contributed by atoms with E-state index in [1.54, 1.807) is 0 Å². The molecule has 8 rings (SSSR count). The van der Waals surface area contributed by atoms with Gasteiger partial charge in [0.25, 0.3) is 28.7 Å². The standard InChI is InChI=1S/4C13H20N4O3.CH2O3.CH4.2K.H2O.H/c4*1-9(18)6-4-5-7-17-12(19)10-11(14-8-15(10)2)16(3)13(17)20;2-1-4-3;;;;;/h4*8-9,18H,4-7H2,1-3H3;1,3H;1H4;;;1H2;/q;;;;;;2*+1;;-1/p-1/t2*9-;;;;;;;;/m10......../s1/i2*2D3,6D2,9D;2D3,6D2,8D,9D;2D3,6D2,9D;;;;;;. The molecular formula is C54H88K2N16O16. The zero-order valence-corrected chi connectivity index (χ0v) is 55.5. The maximum atomic E-state index is 12.7. The molecule has 4 atom stereocenters. The summed E-state index contributed by atoms with van der Waals surface area (Å²) in [7, 11) is 5.34. The maximum Gasteiger partial charge on any atom is 1.00 e. The van der Waals surface area contributed by atoms with E-state index in [1.165, 1.54) is 28.2 Å². The molecule has 482 valence electrons. The van der Waals surface area contributed by atoms with Crippen molar-refractivity contribution in [3.8, 4) is 0 Å². The largest absolute Gasteiger partial charge is 1.00 e. The number of aryl methyl sites for hydroxylation is 8. The SMILES string of the molecule is C.O.O=CO[O-].[2H]C([2H])([2H])n1cnc2c1c(=O)n(CCCC([2H])([2H])C([2H])(C)O)c(=O)n2C.[2H]C([2H])([2H])n1cnc2c1c(=O)n(CCCC([2H])([2H])[C@@]([2H])(C)O)c(=O)n2C.[2H]C([2H])([2H])n1cnc2c1c(=O)n(CCCC([2H])([2H])[C@]([2H])(C)O)c(=O)n2C.[2H]c1nc2c(c(=O)n(CCCC([2H])([2H])C([2H])(C)O)c(=O)n2C)n1C([2H])([2H])[2H].[H-].[K+].[K+]. The van der Waals surface area contributed by atoms with E-state index in [1.807, 2.05) is 0 Å². The second kappa shape index (κ2) is 39.4. The number of hydrogen-bond acceptors (Lipinski definition) is 19. The quantitative estimate of drug-likeness (QED) is 0.0225. The third kappa shape index (κ3) is 21.4. The van der Waals surface area contributed by atoms with E-state index in [9.17, 15) is 58.8 Å². The van der Waals surface area contributed by atoms with Crippen molar-refractivity contribution in [3.63, 3.8) is 0 Å². The minimum absolute atomic E-state index is 0. The monoisotopic (exact) mass is 1320 g/mol. The van der Waals surface area contributed by atoms with Crippen molar-refractivity contribution >= 4 is 51.1 Å². The van der Waals surface area contributed by atoms with Crippen LogP contribution in [0.3, 0.4) is 0 Å². The number of aromatic nitrogens is 16. The molecule has 34 heteroatoms. The van der Waals surface area contributed by atoms with Crippen molar-refractivity contribution in [2.24, 2.45) is 56.1 Å². The molecule has 0 saturated carbocycles. The van der Waals surface area contributed by atoms with Gasteiger partial charge in [-0.2, -0.15) is 0 Å². The number of hydrogen-bond donors (Lipinski definition) is 4. The van der Waals surface area contributed by atoms with Crippen LogP contribution in [0.4, 0.5) is 0 Å². The molecule has 0 saturated heterocycles. The first-order valence-corrected chi connectivity index (χ1v) is 24.9. The Bertz CT molecular complexity index is 4770. The smallest absolute Gasteiger partial charge is 1.00 e. The summed E-state index contributed by atoms with van der Waals surface area (Å²) >= 11 is 0. The van der Waals surface area contributed by atoms with E-state index < -0.39 is 135 Å². The van der Waals surface area contributed by atoms with Crippen molar-refractivity contribution in [2.75, 3.05) is 0 Å². The van der Waals surface area contributed by atoms with E-state index >= 15 is 0 Å². The van der Waals surface area contributed by atoms with Gasteiger partial charge in [-0.25, -0.2) is 39.1 Å². The summed E-state index contributed by atoms with van der Waals surface area (Å²) < 4.78 is 198. The fourth-order valence-electron chi connectivity index (χ4n) is 7.84. The maximum absolute atomic E-state index is 12.7. The Morgan fingerprint density at radius 3 is 0.920 bits per heavy atom. The third-order valence-electron chi connectivity index (χ3n) is 11.9. The summed E-state index contributed by atoms with van der Waals surface area (Å²) in [5.41, 5.74) is -7.96. The molecule has 0 spiro atoms. The van der Waals surface area contributed by atoms with Gasteiger partial charge in [0, 0.05) is 110 Å². The Morgan fingerprint density at radius 1 is 0.500 bits per heavy atom. The molecule has 32 nitrogen and oxygen atoms in total. The predicted molar refractivity (Wildman–Crippen MR) is 322 cm³/mol. The molecule has 0 aromatic carbocycles. The van der Waals surface area contributed by atoms with Crippen LogP contribution < -0.4 is 153 Å². The number of fused-ring (bicyclic) bond motifs is 4. The van der Waals surface area contributed by atoms with Gasteiger partial charge in [0.15, 0.2) is 44.7 Å². The number of carbonyl (C=O) groups is 1. The van der Waals surface area contributed by atoms with E-state index in [4.69, 9.17) is 44.3 Å². The molecule has 0 aliphatic rings. The fraction of sp³-hybridized carbons (Fsp3) is 0.611. The van der Waals surface area contributed by atoms with Crippen molar-refractivity contribution in [1.29, 1.82) is 0 Å². The van der Waals surface area contributed by atoms with Gasteiger partial charge in [-0.3, -0.25) is 60.5 Å². The first-order valence-electron chi connectivity index (χ1n) is 37.4. The van der Waals surface area contributed by atoms with Crippen LogP contribution in [0.15, 0.2) is 63.6 Å². The second-order valence-electron chi connectivity index (χ2n) is 17.9. The first-order chi connectivity index (χ1) is 49.1. The van der Waals surface area contributed by atoms with Gasteiger partial charge in [-0.1, -0.05) is 7.43 Å². The Hall–Kier alpha value is -4.90. The Labute approximate surface area is 627 Å². The molecule has 6 N–H and O–H groups in total. The molecule has 0 aliphatic carbocycles. The number of aliphatic hydroxyl groups is 4. The summed E-state index contributed by atoms with van der Waals surface area (Å²) in [6.07, 6.45) is -17.3. The average Bonchev–Trinajstić information content (AvgIpc) is 1.59. The van der Waals surface area contributed by atoms with Gasteiger partial charge < -0.3 is 55.7 Å². The summed E-state index contributed by atoms with van der Waals surface area (Å²) in [6.45, 7) is -7.76. The molecular weight excluding hydrogens is 1210 g/mol. The number of carbonyl (C=O) groups excluding carboxylic acids is 1. The van der Waals surface area contributed by atoms with Crippen LogP contribution in [0.5, 0.6) is 0 Å². The van der Waals surface area contributed by atoms with Gasteiger partial charge in [-0.15, -0.1) is 0 Å². The van der Waals surface area contributed by atoms with Crippen LogP contribution >= 0.6 is 0 Å². The van der Waals surface area contributed by atoms with Crippen LogP contribution in [0.2, 0.25) is 0 Å². The zero-order chi connectivity index (χ0) is 84.6. The Kier molecular flexibility index (Phi) is 21.9. The number of imidazole rings is 4. The van der Waals surface area contributed by atoms with Gasteiger partial charge in [0.05, 0.1) is 55.1 Å². The number of nitrogens with zero attached hydrogens (tertiary/aromatic N) is 16. The minimum atomic E-state index is -2.85. The summed E-state index contributed by atoms with van der Waals surface area (Å²) in [5, 5.41) is 46.5. The molecule has 88 heavy (non-hydrogen) atoms. The van der Waals surface area contributed by atoms with Crippen molar-refractivity contribution in [3.05, 3.63) is 109 Å². The van der Waals surface area contributed by atoms with E-state index in [0.717, 1.165) is 83.2 Å². The molecule has 8 heterocycles. The normalized spacial score (nSPS) is 18.9. The van der Waals surface area contributed by atoms with E-state index in [0.29, 0.717) is 18.3 Å². The van der Waals surface area contributed by atoms with Crippen LogP contribution in [0, 0.1) is 0 Å². The van der Waals surface area contributed by atoms with Gasteiger partial charge in [-0.05, 0) is 105 Å². The molecule has 0 radical (unpaired) electrons. The fourth-order valence-corrected chi connectivity index (χ4v) is 7.84. The molecule has 0 bridgehead atoms. The molecule has 0 amide bonds. The summed E-state index contributed by atoms with van der Waals surface area (Å²) in [4.78, 5) is 127. The molecule has 8 aromatic heterocycles. The van der Waals surface area contributed by atoms with E-state index in [-0.39, 0.29) is 240 Å². The van der Waals surface area contributed by atoms with Gasteiger partial charge in [0.2, 0.25) is 0 Å². The summed E-state index contributed by atoms with van der Waals surface area (Å²) in [6, 6.07) is 0. The van der Waals surface area contributed by atoms with Crippen LogP contribution in [-0.2, 0) is 92.0 Å². The minimum Gasteiger partial charge on any atom is -1.00 e. The topological polar surface area (TPSA) is 409 Å². The first kappa shape index (κ1) is 48.8. The number of rotatable bonds is 21. The predicted octanol–water partition coefficient (Wildman–Crippen LogP) is -7.69. The Balaban J connectivity index is 0. The molecule has 8 aromatic rings. The molecule has 2 unspecified atom stereocenters. The molecule has 0 fully saturated rings. The van der Waals surface area contributed by atoms with E-state index in [2.05, 4.69) is 24.8 Å².